The van der Waals surface area contributed by atoms with Crippen molar-refractivity contribution in [3.05, 3.63) is 51.0 Å². The van der Waals surface area contributed by atoms with E-state index in [2.05, 4.69) is 30.7 Å². The van der Waals surface area contributed by atoms with Crippen LogP contribution in [0.2, 0.25) is 5.02 Å². The maximum Gasteiger partial charge on any atom is 0.133 e. The van der Waals surface area contributed by atoms with Crippen molar-refractivity contribution in [1.29, 1.82) is 0 Å². The minimum Gasteiger partial charge on any atom is -0.346 e. The topological polar surface area (TPSA) is 28.7 Å². The van der Waals surface area contributed by atoms with Crippen molar-refractivity contribution >= 4 is 35.6 Å². The molecular formula is C15H17ClN2S2. The van der Waals surface area contributed by atoms with E-state index in [1.807, 2.05) is 24.3 Å². The van der Waals surface area contributed by atoms with E-state index < -0.39 is 0 Å². The van der Waals surface area contributed by atoms with Crippen molar-refractivity contribution in [3.8, 4) is 0 Å². The number of benzene rings is 1. The summed E-state index contributed by atoms with van der Waals surface area (Å²) in [6.07, 6.45) is 0. The molecule has 2 rings (SSSR count). The third-order valence-corrected chi connectivity index (χ3v) is 4.50. The highest BCUT2D eigenvalue weighted by atomic mass is 35.5. The maximum absolute atomic E-state index is 5.98. The highest BCUT2D eigenvalue weighted by Gasteiger charge is 2.09. The van der Waals surface area contributed by atoms with Crippen LogP contribution >= 0.6 is 35.6 Å². The summed E-state index contributed by atoms with van der Waals surface area (Å²) in [6, 6.07) is 7.82. The van der Waals surface area contributed by atoms with Crippen molar-refractivity contribution in [2.45, 2.75) is 37.3 Å². The Labute approximate surface area is 134 Å². The fourth-order valence-corrected chi connectivity index (χ4v) is 3.69. The molecule has 0 saturated carbocycles. The number of rotatable bonds is 4. The van der Waals surface area contributed by atoms with Gasteiger partial charge in [-0.15, -0.1) is 11.8 Å². The van der Waals surface area contributed by atoms with Crippen molar-refractivity contribution in [1.82, 2.24) is 9.97 Å². The molecule has 2 aromatic rings. The number of H-pyrrole nitrogens is 1. The fraction of sp³-hybridized carbons (Fsp3) is 0.333. The van der Waals surface area contributed by atoms with Gasteiger partial charge in [0.25, 0.3) is 0 Å². The SMILES string of the molecule is Cc1[nH]c(CSc2cccc(Cl)c2)nc(=S)c1C(C)C. The molecule has 0 saturated heterocycles. The lowest BCUT2D eigenvalue weighted by molar-refractivity contribution is 0.810. The quantitative estimate of drug-likeness (QED) is 0.593. The van der Waals surface area contributed by atoms with E-state index in [9.17, 15) is 0 Å². The van der Waals surface area contributed by atoms with Crippen LogP contribution in [0.1, 0.15) is 36.8 Å². The van der Waals surface area contributed by atoms with E-state index in [0.29, 0.717) is 10.6 Å². The molecule has 0 spiro atoms. The van der Waals surface area contributed by atoms with E-state index in [0.717, 1.165) is 32.8 Å². The Bertz CT molecular complexity index is 665. The van der Waals surface area contributed by atoms with Crippen LogP contribution in [0, 0.1) is 11.6 Å². The first-order valence-electron chi connectivity index (χ1n) is 6.45. The lowest BCUT2D eigenvalue weighted by atomic mass is 10.0. The van der Waals surface area contributed by atoms with Gasteiger partial charge in [0, 0.05) is 21.2 Å². The molecule has 0 fully saturated rings. The fourth-order valence-electron chi connectivity index (χ4n) is 2.11. The zero-order valence-corrected chi connectivity index (χ0v) is 14.1. The molecule has 0 radical (unpaired) electrons. The van der Waals surface area contributed by atoms with Gasteiger partial charge in [-0.05, 0) is 31.0 Å². The van der Waals surface area contributed by atoms with Crippen LogP contribution in [0.25, 0.3) is 0 Å². The molecule has 1 heterocycles. The predicted octanol–water partition coefficient (Wildman–Crippen LogP) is 5.52. The van der Waals surface area contributed by atoms with Crippen LogP contribution in [0.4, 0.5) is 0 Å². The first-order valence-corrected chi connectivity index (χ1v) is 8.22. The first kappa shape index (κ1) is 15.5. The summed E-state index contributed by atoms with van der Waals surface area (Å²) >= 11 is 13.1. The average molecular weight is 325 g/mol. The molecule has 20 heavy (non-hydrogen) atoms. The number of hydrogen-bond acceptors (Lipinski definition) is 3. The van der Waals surface area contributed by atoms with Crippen molar-refractivity contribution in [2.24, 2.45) is 0 Å². The minimum atomic E-state index is 0.390. The maximum atomic E-state index is 5.98. The Morgan fingerprint density at radius 2 is 2.15 bits per heavy atom. The number of hydrogen-bond donors (Lipinski definition) is 1. The number of aryl methyl sites for hydroxylation is 1. The predicted molar refractivity (Wildman–Crippen MR) is 89.3 cm³/mol. The molecule has 0 atom stereocenters. The second-order valence-corrected chi connectivity index (χ2v) is 6.80. The Kier molecular flexibility index (Phi) is 5.24. The van der Waals surface area contributed by atoms with Gasteiger partial charge in [-0.25, -0.2) is 4.98 Å². The lowest BCUT2D eigenvalue weighted by Crippen LogP contribution is -2.03. The molecule has 0 unspecified atom stereocenters. The van der Waals surface area contributed by atoms with Gasteiger partial charge in [0.15, 0.2) is 0 Å². The molecule has 0 bridgehead atoms. The summed E-state index contributed by atoms with van der Waals surface area (Å²) in [4.78, 5) is 8.98. The van der Waals surface area contributed by atoms with Gasteiger partial charge in [-0.1, -0.05) is 43.7 Å². The van der Waals surface area contributed by atoms with Crippen LogP contribution in [0.5, 0.6) is 0 Å². The third-order valence-electron chi connectivity index (χ3n) is 2.95. The Morgan fingerprint density at radius 3 is 2.75 bits per heavy atom. The summed E-state index contributed by atoms with van der Waals surface area (Å²) in [7, 11) is 0. The molecule has 1 aromatic heterocycles. The van der Waals surface area contributed by atoms with Gasteiger partial charge in [-0.3, -0.25) is 0 Å². The zero-order chi connectivity index (χ0) is 14.7. The summed E-state index contributed by atoms with van der Waals surface area (Å²) < 4.78 is 0.706. The van der Waals surface area contributed by atoms with Gasteiger partial charge < -0.3 is 4.98 Å². The molecule has 0 aliphatic heterocycles. The monoisotopic (exact) mass is 324 g/mol. The highest BCUT2D eigenvalue weighted by Crippen LogP contribution is 2.25. The molecular weight excluding hydrogens is 308 g/mol. The number of thioether (sulfide) groups is 1. The summed E-state index contributed by atoms with van der Waals surface area (Å²) in [5.41, 5.74) is 2.25. The van der Waals surface area contributed by atoms with Gasteiger partial charge >= 0.3 is 0 Å². The molecule has 1 N–H and O–H groups in total. The van der Waals surface area contributed by atoms with E-state index >= 15 is 0 Å². The van der Waals surface area contributed by atoms with E-state index in [-0.39, 0.29) is 0 Å². The van der Waals surface area contributed by atoms with Crippen LogP contribution in [-0.4, -0.2) is 9.97 Å². The Balaban J connectivity index is 2.17. The van der Waals surface area contributed by atoms with E-state index in [4.69, 9.17) is 23.8 Å². The van der Waals surface area contributed by atoms with Gasteiger partial charge in [0.1, 0.15) is 10.5 Å². The Hall–Kier alpha value is -0.840. The second kappa shape index (κ2) is 6.74. The standard InChI is InChI=1S/C15H17ClN2S2/c1-9(2)14-10(3)17-13(18-15(14)19)8-20-12-6-4-5-11(16)7-12/h4-7,9H,8H2,1-3H3,(H,17,18,19). The van der Waals surface area contributed by atoms with Crippen LogP contribution in [0.15, 0.2) is 29.2 Å². The molecule has 0 aliphatic rings. The second-order valence-electron chi connectivity index (χ2n) is 4.93. The van der Waals surface area contributed by atoms with Crippen LogP contribution in [0.3, 0.4) is 0 Å². The number of aromatic nitrogens is 2. The Morgan fingerprint density at radius 1 is 1.40 bits per heavy atom. The first-order chi connectivity index (χ1) is 9.47. The minimum absolute atomic E-state index is 0.390. The average Bonchev–Trinajstić information content (AvgIpc) is 2.35. The van der Waals surface area contributed by atoms with Crippen molar-refractivity contribution in [2.75, 3.05) is 0 Å². The largest absolute Gasteiger partial charge is 0.346 e. The smallest absolute Gasteiger partial charge is 0.133 e. The van der Waals surface area contributed by atoms with Crippen molar-refractivity contribution < 1.29 is 0 Å². The van der Waals surface area contributed by atoms with E-state index in [1.165, 1.54) is 0 Å². The summed E-state index contributed by atoms with van der Waals surface area (Å²) in [5, 5.41) is 0.752. The zero-order valence-electron chi connectivity index (χ0n) is 11.7. The molecule has 5 heteroatoms. The van der Waals surface area contributed by atoms with Gasteiger partial charge in [-0.2, -0.15) is 0 Å². The van der Waals surface area contributed by atoms with Crippen LogP contribution in [-0.2, 0) is 5.75 Å². The number of aromatic amines is 1. The summed E-state index contributed by atoms with van der Waals surface area (Å²) in [5.74, 6) is 2.05. The highest BCUT2D eigenvalue weighted by molar-refractivity contribution is 7.98. The normalized spacial score (nSPS) is 11.1. The molecule has 1 aromatic carbocycles. The molecule has 106 valence electrons. The van der Waals surface area contributed by atoms with E-state index in [1.54, 1.807) is 11.8 Å². The third kappa shape index (κ3) is 3.84. The lowest BCUT2D eigenvalue weighted by Gasteiger charge is -2.11. The number of nitrogens with one attached hydrogen (secondary N) is 1. The van der Waals surface area contributed by atoms with Crippen molar-refractivity contribution in [3.63, 3.8) is 0 Å². The van der Waals surface area contributed by atoms with Gasteiger partial charge in [0.05, 0.1) is 5.75 Å². The molecule has 2 nitrogen and oxygen atoms in total. The molecule has 0 amide bonds. The number of nitrogens with zero attached hydrogens (tertiary/aromatic N) is 1. The molecule has 0 aliphatic carbocycles. The number of halogens is 1. The van der Waals surface area contributed by atoms with Gasteiger partial charge in [0.2, 0.25) is 0 Å². The van der Waals surface area contributed by atoms with Crippen LogP contribution < -0.4 is 0 Å². The summed E-state index contributed by atoms with van der Waals surface area (Å²) in [6.45, 7) is 6.32.